The molecule has 0 aliphatic carbocycles. The molecule has 10 heavy (non-hydrogen) atoms. The van der Waals surface area contributed by atoms with E-state index in [4.69, 9.17) is 11.6 Å². The maximum Gasteiger partial charge on any atom is 0.189 e. The molecule has 0 fully saturated rings. The molecule has 0 atom stereocenters. The van der Waals surface area contributed by atoms with Gasteiger partial charge in [-0.1, -0.05) is 46.0 Å². The predicted octanol–water partition coefficient (Wildman–Crippen LogP) is 2.61. The molecule has 0 aliphatic rings. The van der Waals surface area contributed by atoms with Gasteiger partial charge in [0.15, 0.2) is 5.16 Å². The summed E-state index contributed by atoms with van der Waals surface area (Å²) in [5.41, 5.74) is 0. The van der Waals surface area contributed by atoms with Gasteiger partial charge < -0.3 is 0 Å². The van der Waals surface area contributed by atoms with Crippen LogP contribution in [0.25, 0.3) is 0 Å². The quantitative estimate of drug-likeness (QED) is 0.275. The van der Waals surface area contributed by atoms with E-state index in [0.717, 1.165) is 8.92 Å². The Bertz CT molecular complexity index is 221. The maximum atomic E-state index is 5.61. The van der Waals surface area contributed by atoms with Gasteiger partial charge in [-0.25, -0.2) is 9.97 Å². The fraction of sp³-hybridized carbons (Fsp3) is 0.200. The average Bonchev–Trinajstić information content (AvgIpc) is 1.88. The topological polar surface area (TPSA) is 25.8 Å². The molecule has 0 saturated heterocycles. The predicted molar refractivity (Wildman–Crippen MR) is 51.8 cm³/mol. The van der Waals surface area contributed by atoms with Crippen LogP contribution in [0.2, 0.25) is 5.15 Å². The third kappa shape index (κ3) is 2.59. The van der Waals surface area contributed by atoms with Crippen LogP contribution in [0.5, 0.6) is 0 Å². The minimum absolute atomic E-state index is 0.502. The zero-order chi connectivity index (χ0) is 7.40. The van der Waals surface area contributed by atoms with Crippen molar-refractivity contribution < 1.29 is 0 Å². The standard InChI is InChI=1S/C5H4ClIN2S/c6-4-1-2-8-5(9-4)10-3-7/h1-2H,3H2. The lowest BCUT2D eigenvalue weighted by Crippen LogP contribution is -1.83. The number of halogens is 2. The number of aromatic nitrogens is 2. The lowest BCUT2D eigenvalue weighted by atomic mass is 10.7. The molecule has 0 N–H and O–H groups in total. The second kappa shape index (κ2) is 4.35. The van der Waals surface area contributed by atoms with Crippen LogP contribution in [-0.2, 0) is 0 Å². The van der Waals surface area contributed by atoms with E-state index < -0.39 is 0 Å². The molecule has 1 rings (SSSR count). The molecule has 0 amide bonds. The summed E-state index contributed by atoms with van der Waals surface area (Å²) in [5, 5.41) is 1.24. The summed E-state index contributed by atoms with van der Waals surface area (Å²) in [6.07, 6.45) is 1.66. The van der Waals surface area contributed by atoms with Crippen molar-refractivity contribution in [2.45, 2.75) is 5.16 Å². The number of alkyl halides is 1. The van der Waals surface area contributed by atoms with Crippen LogP contribution in [0.3, 0.4) is 0 Å². The van der Waals surface area contributed by atoms with Crippen molar-refractivity contribution in [3.05, 3.63) is 17.4 Å². The molecule has 1 aromatic heterocycles. The monoisotopic (exact) mass is 286 g/mol. The molecule has 5 heteroatoms. The molecule has 2 nitrogen and oxygen atoms in total. The minimum Gasteiger partial charge on any atom is -0.231 e. The molecule has 0 aromatic carbocycles. The van der Waals surface area contributed by atoms with Crippen LogP contribution in [0.15, 0.2) is 17.4 Å². The fourth-order valence-corrected chi connectivity index (χ4v) is 1.86. The first-order valence-corrected chi connectivity index (χ1v) is 5.39. The van der Waals surface area contributed by atoms with Gasteiger partial charge in [-0.15, -0.1) is 0 Å². The fourth-order valence-electron chi connectivity index (χ4n) is 0.438. The molecule has 0 spiro atoms. The Labute approximate surface area is 81.9 Å². The normalized spacial score (nSPS) is 9.80. The molecule has 54 valence electrons. The van der Waals surface area contributed by atoms with Crippen molar-refractivity contribution in [3.8, 4) is 0 Å². The summed E-state index contributed by atoms with van der Waals surface area (Å²) in [7, 11) is 0. The Balaban J connectivity index is 2.75. The highest BCUT2D eigenvalue weighted by Gasteiger charge is 1.94. The highest BCUT2D eigenvalue weighted by Crippen LogP contribution is 2.16. The van der Waals surface area contributed by atoms with Crippen LogP contribution in [0.4, 0.5) is 0 Å². The van der Waals surface area contributed by atoms with E-state index in [1.165, 1.54) is 0 Å². The summed E-state index contributed by atoms with van der Waals surface area (Å²) in [6, 6.07) is 1.67. The number of rotatable bonds is 2. The first-order chi connectivity index (χ1) is 4.83. The number of thioether (sulfide) groups is 1. The van der Waals surface area contributed by atoms with Gasteiger partial charge in [-0.3, -0.25) is 0 Å². The smallest absolute Gasteiger partial charge is 0.189 e. The van der Waals surface area contributed by atoms with Gasteiger partial charge in [0.1, 0.15) is 5.15 Å². The van der Waals surface area contributed by atoms with E-state index in [1.54, 1.807) is 24.0 Å². The van der Waals surface area contributed by atoms with Crippen LogP contribution >= 0.6 is 46.0 Å². The Kier molecular flexibility index (Phi) is 3.72. The summed E-state index contributed by atoms with van der Waals surface area (Å²) in [5.74, 6) is 0. The molecule has 0 aliphatic heterocycles. The van der Waals surface area contributed by atoms with Crippen molar-refractivity contribution in [1.82, 2.24) is 9.97 Å². The van der Waals surface area contributed by atoms with Crippen molar-refractivity contribution in [2.75, 3.05) is 3.76 Å². The highest BCUT2D eigenvalue weighted by molar-refractivity contribution is 14.1. The van der Waals surface area contributed by atoms with Crippen molar-refractivity contribution >= 4 is 46.0 Å². The van der Waals surface area contributed by atoms with E-state index in [-0.39, 0.29) is 0 Å². The van der Waals surface area contributed by atoms with Crippen molar-refractivity contribution in [3.63, 3.8) is 0 Å². The third-order valence-corrected chi connectivity index (χ3v) is 2.49. The van der Waals surface area contributed by atoms with Gasteiger partial charge in [0.25, 0.3) is 0 Å². The molecule has 1 aromatic rings. The molecule has 1 heterocycles. The van der Waals surface area contributed by atoms with Crippen LogP contribution in [0, 0.1) is 0 Å². The van der Waals surface area contributed by atoms with E-state index in [0.29, 0.717) is 5.15 Å². The molecule has 0 unspecified atom stereocenters. The highest BCUT2D eigenvalue weighted by atomic mass is 127. The third-order valence-electron chi connectivity index (χ3n) is 0.783. The lowest BCUT2D eigenvalue weighted by Gasteiger charge is -1.93. The molecular formula is C5H4ClIN2S. The van der Waals surface area contributed by atoms with Crippen LogP contribution in [0.1, 0.15) is 0 Å². The average molecular weight is 287 g/mol. The first-order valence-electron chi connectivity index (χ1n) is 2.50. The minimum atomic E-state index is 0.502. The van der Waals surface area contributed by atoms with Gasteiger partial charge >= 0.3 is 0 Å². The number of nitrogens with zero attached hydrogens (tertiary/aromatic N) is 2. The van der Waals surface area contributed by atoms with Gasteiger partial charge in [0.05, 0.1) is 3.76 Å². The molecular weight excluding hydrogens is 282 g/mol. The van der Waals surface area contributed by atoms with Crippen molar-refractivity contribution in [1.29, 1.82) is 0 Å². The van der Waals surface area contributed by atoms with E-state index in [2.05, 4.69) is 32.6 Å². The van der Waals surface area contributed by atoms with Crippen molar-refractivity contribution in [2.24, 2.45) is 0 Å². The summed E-state index contributed by atoms with van der Waals surface area (Å²) in [4.78, 5) is 7.97. The van der Waals surface area contributed by atoms with Gasteiger partial charge in [-0.05, 0) is 6.07 Å². The Morgan fingerprint density at radius 1 is 1.70 bits per heavy atom. The first kappa shape index (κ1) is 8.55. The Hall–Kier alpha value is 0.450. The molecule has 0 radical (unpaired) electrons. The van der Waals surface area contributed by atoms with Gasteiger partial charge in [-0.2, -0.15) is 0 Å². The maximum absolute atomic E-state index is 5.61. The number of hydrogen-bond donors (Lipinski definition) is 0. The SMILES string of the molecule is Clc1ccnc(SCI)n1. The second-order valence-corrected chi connectivity index (χ2v) is 4.54. The van der Waals surface area contributed by atoms with Crippen LogP contribution < -0.4 is 0 Å². The van der Waals surface area contributed by atoms with E-state index in [1.807, 2.05) is 0 Å². The van der Waals surface area contributed by atoms with Gasteiger partial charge in [0, 0.05) is 6.20 Å². The Morgan fingerprint density at radius 3 is 3.10 bits per heavy atom. The molecule has 0 saturated carbocycles. The zero-order valence-electron chi connectivity index (χ0n) is 4.92. The second-order valence-electron chi connectivity index (χ2n) is 1.42. The lowest BCUT2D eigenvalue weighted by molar-refractivity contribution is 0.971. The summed E-state index contributed by atoms with van der Waals surface area (Å²) < 4.78 is 0.943. The van der Waals surface area contributed by atoms with Gasteiger partial charge in [0.2, 0.25) is 0 Å². The van der Waals surface area contributed by atoms with E-state index >= 15 is 0 Å². The summed E-state index contributed by atoms with van der Waals surface area (Å²) >= 11 is 9.43. The largest absolute Gasteiger partial charge is 0.231 e. The zero-order valence-corrected chi connectivity index (χ0v) is 8.65. The Morgan fingerprint density at radius 2 is 2.50 bits per heavy atom. The number of hydrogen-bond acceptors (Lipinski definition) is 3. The molecule has 0 bridgehead atoms. The summed E-state index contributed by atoms with van der Waals surface area (Å²) in [6.45, 7) is 0. The van der Waals surface area contributed by atoms with E-state index in [9.17, 15) is 0 Å². The van der Waals surface area contributed by atoms with Crippen LogP contribution in [-0.4, -0.2) is 13.7 Å².